The van der Waals surface area contributed by atoms with Crippen LogP contribution in [0.1, 0.15) is 11.3 Å². The summed E-state index contributed by atoms with van der Waals surface area (Å²) in [6.07, 6.45) is 1.47. The molecule has 2 aromatic carbocycles. The van der Waals surface area contributed by atoms with Gasteiger partial charge in [0, 0.05) is 11.6 Å². The molecule has 0 aliphatic rings. The number of nitriles is 1. The third kappa shape index (κ3) is 3.63. The Labute approximate surface area is 152 Å². The predicted molar refractivity (Wildman–Crippen MR) is 95.7 cm³/mol. The van der Waals surface area contributed by atoms with Gasteiger partial charge in [-0.1, -0.05) is 23.7 Å². The number of rotatable bonds is 4. The minimum absolute atomic E-state index is 0.0308. The van der Waals surface area contributed by atoms with Crippen molar-refractivity contribution in [2.24, 2.45) is 0 Å². The van der Waals surface area contributed by atoms with Gasteiger partial charge in [-0.25, -0.2) is 4.39 Å². The molecule has 0 amide bonds. The lowest BCUT2D eigenvalue weighted by Gasteiger charge is -2.00. The van der Waals surface area contributed by atoms with Crippen molar-refractivity contribution in [2.45, 2.75) is 0 Å². The lowest BCUT2D eigenvalue weighted by Crippen LogP contribution is -1.89. The number of nitrogens with zero attached hydrogens (tertiary/aromatic N) is 2. The minimum Gasteiger partial charge on any atom is -0.457 e. The smallest absolute Gasteiger partial charge is 0.288 e. The average molecular weight is 369 g/mol. The van der Waals surface area contributed by atoms with Crippen molar-refractivity contribution < 1.29 is 13.7 Å². The Morgan fingerprint density at radius 1 is 1.23 bits per heavy atom. The largest absolute Gasteiger partial charge is 0.457 e. The molecular formula is C19H10ClFN2O3. The van der Waals surface area contributed by atoms with Crippen molar-refractivity contribution in [1.82, 2.24) is 0 Å². The van der Waals surface area contributed by atoms with Crippen LogP contribution in [0, 0.1) is 27.3 Å². The van der Waals surface area contributed by atoms with E-state index in [1.807, 2.05) is 6.07 Å². The molecule has 128 valence electrons. The first-order valence-corrected chi connectivity index (χ1v) is 7.77. The Morgan fingerprint density at radius 3 is 2.73 bits per heavy atom. The van der Waals surface area contributed by atoms with E-state index >= 15 is 0 Å². The first-order chi connectivity index (χ1) is 12.5. The van der Waals surface area contributed by atoms with Crippen LogP contribution in [0.25, 0.3) is 23.0 Å². The summed E-state index contributed by atoms with van der Waals surface area (Å²) in [5.74, 6) is 0.295. The monoisotopic (exact) mass is 368 g/mol. The first kappa shape index (κ1) is 17.4. The molecule has 1 heterocycles. The van der Waals surface area contributed by atoms with Crippen LogP contribution < -0.4 is 0 Å². The Morgan fingerprint density at radius 2 is 2.04 bits per heavy atom. The van der Waals surface area contributed by atoms with E-state index in [2.05, 4.69) is 0 Å². The lowest BCUT2D eigenvalue weighted by molar-refractivity contribution is -0.384. The SMILES string of the molecule is N#C/C(=C\c1ccc(-c2ccc(Cl)c([N+](=O)[O-])c2)o1)c1cccc(F)c1. The molecule has 7 heteroatoms. The number of hydrogen-bond donors (Lipinski definition) is 0. The summed E-state index contributed by atoms with van der Waals surface area (Å²) in [7, 11) is 0. The molecule has 26 heavy (non-hydrogen) atoms. The summed E-state index contributed by atoms with van der Waals surface area (Å²) < 4.78 is 19.0. The van der Waals surface area contributed by atoms with Crippen molar-refractivity contribution in [3.05, 3.63) is 86.9 Å². The van der Waals surface area contributed by atoms with E-state index in [1.165, 1.54) is 36.4 Å². The first-order valence-electron chi connectivity index (χ1n) is 7.40. The van der Waals surface area contributed by atoms with Crippen LogP contribution in [-0.2, 0) is 0 Å². The molecule has 0 saturated carbocycles. The Balaban J connectivity index is 1.96. The molecule has 0 aliphatic heterocycles. The van der Waals surface area contributed by atoms with Gasteiger partial charge in [0.15, 0.2) is 0 Å². The standard InChI is InChI=1S/C19H10ClFN2O3/c20-17-6-4-13(10-18(17)23(24)25)19-7-5-16(26-19)9-14(11-22)12-2-1-3-15(21)8-12/h1-10H/b14-9+. The zero-order valence-electron chi connectivity index (χ0n) is 13.1. The molecule has 0 atom stereocenters. The Kier molecular flexibility index (Phi) is 4.83. The summed E-state index contributed by atoms with van der Waals surface area (Å²) in [5.41, 5.74) is 0.903. The number of nitro groups is 1. The summed E-state index contributed by atoms with van der Waals surface area (Å²) in [6.45, 7) is 0. The van der Waals surface area contributed by atoms with E-state index in [0.717, 1.165) is 0 Å². The fourth-order valence-corrected chi connectivity index (χ4v) is 2.56. The fourth-order valence-electron chi connectivity index (χ4n) is 2.37. The highest BCUT2D eigenvalue weighted by molar-refractivity contribution is 6.32. The van der Waals surface area contributed by atoms with Crippen molar-refractivity contribution >= 4 is 28.9 Å². The molecule has 0 unspecified atom stereocenters. The van der Waals surface area contributed by atoms with Crippen LogP contribution in [-0.4, -0.2) is 4.92 Å². The summed E-state index contributed by atoms with van der Waals surface area (Å²) in [5, 5.41) is 20.3. The number of benzene rings is 2. The van der Waals surface area contributed by atoms with Crippen LogP contribution in [0.3, 0.4) is 0 Å². The highest BCUT2D eigenvalue weighted by Gasteiger charge is 2.15. The molecule has 0 N–H and O–H groups in total. The molecule has 0 spiro atoms. The maximum Gasteiger partial charge on any atom is 0.288 e. The van der Waals surface area contributed by atoms with Crippen molar-refractivity contribution in [1.29, 1.82) is 5.26 Å². The summed E-state index contributed by atoms with van der Waals surface area (Å²) in [6, 6.07) is 15.2. The van der Waals surface area contributed by atoms with Gasteiger partial charge in [0.1, 0.15) is 22.4 Å². The van der Waals surface area contributed by atoms with Gasteiger partial charge in [0.2, 0.25) is 0 Å². The Bertz CT molecular complexity index is 1070. The number of allylic oxidation sites excluding steroid dienone is 1. The van der Waals surface area contributed by atoms with Gasteiger partial charge >= 0.3 is 0 Å². The van der Waals surface area contributed by atoms with E-state index in [0.29, 0.717) is 22.6 Å². The van der Waals surface area contributed by atoms with Crippen LogP contribution in [0.4, 0.5) is 10.1 Å². The molecule has 3 aromatic rings. The lowest BCUT2D eigenvalue weighted by atomic mass is 10.1. The molecular weight excluding hydrogens is 359 g/mol. The predicted octanol–water partition coefficient (Wildman–Crippen LogP) is 5.71. The number of halogens is 2. The number of hydrogen-bond acceptors (Lipinski definition) is 4. The fraction of sp³-hybridized carbons (Fsp3) is 0. The van der Waals surface area contributed by atoms with Gasteiger partial charge in [-0.15, -0.1) is 0 Å². The van der Waals surface area contributed by atoms with Gasteiger partial charge < -0.3 is 4.42 Å². The quantitative estimate of drug-likeness (QED) is 0.335. The summed E-state index contributed by atoms with van der Waals surface area (Å²) >= 11 is 5.80. The van der Waals surface area contributed by atoms with Crippen molar-refractivity contribution in [3.8, 4) is 17.4 Å². The molecule has 5 nitrogen and oxygen atoms in total. The van der Waals surface area contributed by atoms with Crippen LogP contribution >= 0.6 is 11.6 Å². The zero-order valence-corrected chi connectivity index (χ0v) is 13.9. The highest BCUT2D eigenvalue weighted by atomic mass is 35.5. The topological polar surface area (TPSA) is 80.1 Å². The van der Waals surface area contributed by atoms with Crippen molar-refractivity contribution in [2.75, 3.05) is 0 Å². The second kappa shape index (κ2) is 7.21. The van der Waals surface area contributed by atoms with E-state index < -0.39 is 10.7 Å². The molecule has 0 fully saturated rings. The third-order valence-electron chi connectivity index (χ3n) is 3.60. The van der Waals surface area contributed by atoms with Gasteiger partial charge in [-0.05, 0) is 48.0 Å². The van der Waals surface area contributed by atoms with Gasteiger partial charge in [-0.3, -0.25) is 10.1 Å². The number of nitro benzene ring substituents is 1. The maximum atomic E-state index is 13.3. The van der Waals surface area contributed by atoms with Crippen LogP contribution in [0.2, 0.25) is 5.02 Å². The van der Waals surface area contributed by atoms with E-state index in [1.54, 1.807) is 24.3 Å². The molecule has 1 aromatic heterocycles. The minimum atomic E-state index is -0.576. The normalized spacial score (nSPS) is 11.2. The molecule has 0 bridgehead atoms. The van der Waals surface area contributed by atoms with E-state index in [-0.39, 0.29) is 16.3 Å². The molecule has 3 rings (SSSR count). The summed E-state index contributed by atoms with van der Waals surface area (Å²) in [4.78, 5) is 10.4. The maximum absolute atomic E-state index is 13.3. The second-order valence-corrected chi connectivity index (χ2v) is 5.71. The van der Waals surface area contributed by atoms with E-state index in [9.17, 15) is 19.8 Å². The van der Waals surface area contributed by atoms with Crippen molar-refractivity contribution in [3.63, 3.8) is 0 Å². The Hall–Kier alpha value is -3.43. The third-order valence-corrected chi connectivity index (χ3v) is 3.92. The molecule has 0 radical (unpaired) electrons. The highest BCUT2D eigenvalue weighted by Crippen LogP contribution is 2.32. The van der Waals surface area contributed by atoms with Gasteiger partial charge in [-0.2, -0.15) is 5.26 Å². The second-order valence-electron chi connectivity index (χ2n) is 5.31. The van der Waals surface area contributed by atoms with E-state index in [4.69, 9.17) is 16.0 Å². The number of furan rings is 1. The molecule has 0 aliphatic carbocycles. The van der Waals surface area contributed by atoms with Gasteiger partial charge in [0.25, 0.3) is 5.69 Å². The van der Waals surface area contributed by atoms with Crippen LogP contribution in [0.15, 0.2) is 59.0 Å². The van der Waals surface area contributed by atoms with Gasteiger partial charge in [0.05, 0.1) is 16.6 Å². The van der Waals surface area contributed by atoms with Crippen LogP contribution in [0.5, 0.6) is 0 Å². The average Bonchev–Trinajstić information content (AvgIpc) is 3.08. The zero-order chi connectivity index (χ0) is 18.7. The molecule has 0 saturated heterocycles.